The van der Waals surface area contributed by atoms with Gasteiger partial charge < -0.3 is 10.2 Å². The van der Waals surface area contributed by atoms with Gasteiger partial charge in [-0.3, -0.25) is 4.79 Å². The van der Waals surface area contributed by atoms with Crippen molar-refractivity contribution in [1.82, 2.24) is 4.31 Å². The van der Waals surface area contributed by atoms with Crippen molar-refractivity contribution in [2.45, 2.75) is 57.5 Å². The SMILES string of the molecule is CC(C)C(C)N(Cc1cc(NC(=O)C2CCC2)ccc1N(C)C)S(=O)(=O)c1cccc(Cl)c1. The predicted octanol–water partition coefficient (Wildman–Crippen LogP) is 5.38. The lowest BCUT2D eigenvalue weighted by molar-refractivity contribution is -0.122. The van der Waals surface area contributed by atoms with Crippen molar-refractivity contribution >= 4 is 38.9 Å². The number of amides is 1. The van der Waals surface area contributed by atoms with E-state index in [1.54, 1.807) is 18.2 Å². The van der Waals surface area contributed by atoms with Gasteiger partial charge in [0.15, 0.2) is 0 Å². The van der Waals surface area contributed by atoms with E-state index in [0.29, 0.717) is 10.7 Å². The number of halogens is 1. The molecule has 0 heterocycles. The highest BCUT2D eigenvalue weighted by Crippen LogP contribution is 2.32. The average Bonchev–Trinajstić information content (AvgIpc) is 2.69. The molecule has 8 heteroatoms. The lowest BCUT2D eigenvalue weighted by Gasteiger charge is -2.32. The van der Waals surface area contributed by atoms with Gasteiger partial charge >= 0.3 is 0 Å². The number of hydrogen-bond acceptors (Lipinski definition) is 4. The smallest absolute Gasteiger partial charge is 0.243 e. The number of carbonyl (C=O) groups is 1. The molecule has 2 aromatic carbocycles. The van der Waals surface area contributed by atoms with E-state index in [0.717, 1.165) is 30.5 Å². The number of nitrogens with one attached hydrogen (secondary N) is 1. The highest BCUT2D eigenvalue weighted by atomic mass is 35.5. The van der Waals surface area contributed by atoms with E-state index in [1.165, 1.54) is 10.4 Å². The number of sulfonamides is 1. The number of rotatable bonds is 9. The molecule has 1 amide bonds. The molecule has 1 unspecified atom stereocenters. The van der Waals surface area contributed by atoms with Crippen LogP contribution < -0.4 is 10.2 Å². The third-order valence-corrected chi connectivity index (χ3v) is 8.62. The van der Waals surface area contributed by atoms with Gasteiger partial charge in [-0.15, -0.1) is 0 Å². The molecule has 0 bridgehead atoms. The van der Waals surface area contributed by atoms with Crippen LogP contribution in [-0.2, 0) is 21.4 Å². The summed E-state index contributed by atoms with van der Waals surface area (Å²) in [5.74, 6) is 0.203. The molecule has 180 valence electrons. The van der Waals surface area contributed by atoms with Crippen LogP contribution in [0.4, 0.5) is 11.4 Å². The van der Waals surface area contributed by atoms with Gasteiger partial charge in [0.25, 0.3) is 0 Å². The van der Waals surface area contributed by atoms with Crippen molar-refractivity contribution in [2.24, 2.45) is 11.8 Å². The quantitative estimate of drug-likeness (QED) is 0.511. The molecule has 1 saturated carbocycles. The Balaban J connectivity index is 2.00. The van der Waals surface area contributed by atoms with E-state index in [2.05, 4.69) is 5.32 Å². The van der Waals surface area contributed by atoms with Gasteiger partial charge in [-0.05, 0) is 67.6 Å². The second-order valence-corrected chi connectivity index (χ2v) is 11.7. The maximum Gasteiger partial charge on any atom is 0.243 e. The van der Waals surface area contributed by atoms with Crippen molar-refractivity contribution in [3.8, 4) is 0 Å². The fourth-order valence-electron chi connectivity index (χ4n) is 3.85. The second kappa shape index (κ2) is 10.5. The Bertz CT molecular complexity index is 1100. The van der Waals surface area contributed by atoms with Crippen LogP contribution in [0.25, 0.3) is 0 Å². The van der Waals surface area contributed by atoms with Gasteiger partial charge in [0.05, 0.1) is 4.90 Å². The van der Waals surface area contributed by atoms with Gasteiger partial charge in [-0.25, -0.2) is 8.42 Å². The Morgan fingerprint density at radius 1 is 1.12 bits per heavy atom. The zero-order chi connectivity index (χ0) is 24.3. The minimum absolute atomic E-state index is 0.0313. The maximum absolute atomic E-state index is 13.7. The summed E-state index contributed by atoms with van der Waals surface area (Å²) in [5, 5.41) is 3.39. The maximum atomic E-state index is 13.7. The highest BCUT2D eigenvalue weighted by molar-refractivity contribution is 7.89. The summed E-state index contributed by atoms with van der Waals surface area (Å²) in [5.41, 5.74) is 2.41. The fraction of sp³-hybridized carbons (Fsp3) is 0.480. The number of carbonyl (C=O) groups excluding carboxylic acids is 1. The van der Waals surface area contributed by atoms with Crippen molar-refractivity contribution in [3.05, 3.63) is 53.1 Å². The van der Waals surface area contributed by atoms with Crippen LogP contribution in [0.15, 0.2) is 47.4 Å². The molecule has 1 aliphatic carbocycles. The third-order valence-electron chi connectivity index (χ3n) is 6.45. The van der Waals surface area contributed by atoms with Crippen molar-refractivity contribution in [2.75, 3.05) is 24.3 Å². The molecule has 1 aliphatic rings. The summed E-state index contributed by atoms with van der Waals surface area (Å²) < 4.78 is 28.9. The summed E-state index contributed by atoms with van der Waals surface area (Å²) in [6.07, 6.45) is 2.93. The van der Waals surface area contributed by atoms with E-state index in [9.17, 15) is 13.2 Å². The van der Waals surface area contributed by atoms with Crippen LogP contribution in [0.3, 0.4) is 0 Å². The van der Waals surface area contributed by atoms with Crippen LogP contribution in [0.1, 0.15) is 45.6 Å². The van der Waals surface area contributed by atoms with Crippen molar-refractivity contribution < 1.29 is 13.2 Å². The van der Waals surface area contributed by atoms with Crippen LogP contribution in [0, 0.1) is 11.8 Å². The lowest BCUT2D eigenvalue weighted by atomic mass is 9.85. The normalized spacial score (nSPS) is 15.4. The average molecular weight is 492 g/mol. The molecule has 0 aliphatic heterocycles. The highest BCUT2D eigenvalue weighted by Gasteiger charge is 2.32. The number of benzene rings is 2. The molecule has 6 nitrogen and oxygen atoms in total. The first-order chi connectivity index (χ1) is 15.5. The minimum Gasteiger partial charge on any atom is -0.377 e. The zero-order valence-electron chi connectivity index (χ0n) is 20.0. The van der Waals surface area contributed by atoms with E-state index in [1.807, 2.05) is 58.0 Å². The third kappa shape index (κ3) is 5.89. The molecule has 1 fully saturated rings. The summed E-state index contributed by atoms with van der Waals surface area (Å²) in [6.45, 7) is 6.11. The molecular weight excluding hydrogens is 458 g/mol. The topological polar surface area (TPSA) is 69.7 Å². The Morgan fingerprint density at radius 3 is 2.36 bits per heavy atom. The van der Waals surface area contributed by atoms with E-state index >= 15 is 0 Å². The molecule has 33 heavy (non-hydrogen) atoms. The molecule has 3 rings (SSSR count). The Hall–Kier alpha value is -2.09. The lowest BCUT2D eigenvalue weighted by Crippen LogP contribution is -2.41. The Kier molecular flexibility index (Phi) is 8.08. The van der Waals surface area contributed by atoms with E-state index in [-0.39, 0.29) is 35.2 Å². The molecular formula is C25H34ClN3O3S. The summed E-state index contributed by atoms with van der Waals surface area (Å²) >= 11 is 6.11. The van der Waals surface area contributed by atoms with Crippen LogP contribution in [0.5, 0.6) is 0 Å². The molecule has 1 N–H and O–H groups in total. The van der Waals surface area contributed by atoms with Crippen molar-refractivity contribution in [1.29, 1.82) is 0 Å². The predicted molar refractivity (Wildman–Crippen MR) is 135 cm³/mol. The van der Waals surface area contributed by atoms with Gasteiger partial charge in [0.2, 0.25) is 15.9 Å². The van der Waals surface area contributed by atoms with Crippen LogP contribution in [0.2, 0.25) is 5.02 Å². The Labute approximate surface area is 203 Å². The standard InChI is InChI=1S/C25H34ClN3O3S/c1-17(2)18(3)29(33(31,32)23-11-7-10-21(26)15-23)16-20-14-22(12-13-24(20)28(4)5)27-25(30)19-8-6-9-19/h7,10-15,17-19H,6,8-9,16H2,1-5H3,(H,27,30). The zero-order valence-corrected chi connectivity index (χ0v) is 21.6. The summed E-state index contributed by atoms with van der Waals surface area (Å²) in [4.78, 5) is 14.6. The largest absolute Gasteiger partial charge is 0.377 e. The first-order valence-corrected chi connectivity index (χ1v) is 13.2. The van der Waals surface area contributed by atoms with E-state index < -0.39 is 10.0 Å². The molecule has 0 spiro atoms. The van der Waals surface area contributed by atoms with Gasteiger partial charge in [-0.2, -0.15) is 4.31 Å². The van der Waals surface area contributed by atoms with E-state index in [4.69, 9.17) is 11.6 Å². The Morgan fingerprint density at radius 2 is 1.82 bits per heavy atom. The van der Waals surface area contributed by atoms with Gasteiger partial charge in [0, 0.05) is 49.0 Å². The molecule has 0 radical (unpaired) electrons. The first-order valence-electron chi connectivity index (χ1n) is 11.4. The van der Waals surface area contributed by atoms with Crippen LogP contribution >= 0.6 is 11.6 Å². The number of hydrogen-bond donors (Lipinski definition) is 1. The molecule has 0 aromatic heterocycles. The number of nitrogens with zero attached hydrogens (tertiary/aromatic N) is 2. The number of anilines is 2. The molecule has 2 aromatic rings. The van der Waals surface area contributed by atoms with Gasteiger partial charge in [0.1, 0.15) is 0 Å². The molecule has 0 saturated heterocycles. The second-order valence-electron chi connectivity index (χ2n) is 9.35. The molecule has 1 atom stereocenters. The van der Waals surface area contributed by atoms with Gasteiger partial charge in [-0.1, -0.05) is 37.9 Å². The van der Waals surface area contributed by atoms with Crippen LogP contribution in [-0.4, -0.2) is 38.8 Å². The summed E-state index contributed by atoms with van der Waals surface area (Å²) in [6, 6.07) is 11.8. The summed E-state index contributed by atoms with van der Waals surface area (Å²) in [7, 11) is 0.0379. The van der Waals surface area contributed by atoms with Crippen molar-refractivity contribution in [3.63, 3.8) is 0 Å². The monoisotopic (exact) mass is 491 g/mol. The first kappa shape index (κ1) is 25.5. The minimum atomic E-state index is -3.81. The fourth-order valence-corrected chi connectivity index (χ4v) is 5.89.